The van der Waals surface area contributed by atoms with Crippen molar-refractivity contribution in [1.29, 1.82) is 0 Å². The molecule has 4 nitrogen and oxygen atoms in total. The van der Waals surface area contributed by atoms with Gasteiger partial charge in [-0.3, -0.25) is 4.79 Å². The van der Waals surface area contributed by atoms with Gasteiger partial charge >= 0.3 is 5.97 Å². The molecule has 0 saturated carbocycles. The summed E-state index contributed by atoms with van der Waals surface area (Å²) in [5.74, 6) is 0.234. The first-order valence-corrected chi connectivity index (χ1v) is 5.23. The second-order valence-electron chi connectivity index (χ2n) is 3.17. The van der Waals surface area contributed by atoms with Crippen LogP contribution in [0.1, 0.15) is 12.5 Å². The summed E-state index contributed by atoms with van der Waals surface area (Å²) in [7, 11) is 1.52. The van der Waals surface area contributed by atoms with E-state index in [1.54, 1.807) is 19.1 Å². The summed E-state index contributed by atoms with van der Waals surface area (Å²) >= 11 is 5.98. The van der Waals surface area contributed by atoms with Gasteiger partial charge in [-0.05, 0) is 18.6 Å². The fraction of sp³-hybridized carbons (Fsp3) is 0.364. The number of hydrogen-bond acceptors (Lipinski definition) is 4. The van der Waals surface area contributed by atoms with Gasteiger partial charge in [0.1, 0.15) is 5.75 Å². The molecule has 0 fully saturated rings. The number of nitrogen functional groups attached to an aromatic ring is 1. The van der Waals surface area contributed by atoms with Gasteiger partial charge in [0, 0.05) is 6.07 Å². The molecule has 5 heteroatoms. The molecular formula is C11H14ClNO3. The van der Waals surface area contributed by atoms with Crippen molar-refractivity contribution in [3.8, 4) is 5.75 Å². The zero-order valence-electron chi connectivity index (χ0n) is 9.25. The maximum Gasteiger partial charge on any atom is 0.310 e. The Morgan fingerprint density at radius 3 is 2.75 bits per heavy atom. The molecule has 0 radical (unpaired) electrons. The zero-order chi connectivity index (χ0) is 12.1. The molecule has 0 aliphatic carbocycles. The molecule has 0 aliphatic rings. The van der Waals surface area contributed by atoms with Gasteiger partial charge in [-0.25, -0.2) is 0 Å². The topological polar surface area (TPSA) is 61.5 Å². The lowest BCUT2D eigenvalue weighted by atomic mass is 10.1. The lowest BCUT2D eigenvalue weighted by Gasteiger charge is -2.09. The summed E-state index contributed by atoms with van der Waals surface area (Å²) in [4.78, 5) is 11.3. The first kappa shape index (κ1) is 12.6. The molecule has 0 aliphatic heterocycles. The summed E-state index contributed by atoms with van der Waals surface area (Å²) in [5, 5.41) is 0.369. The molecule has 0 heterocycles. The van der Waals surface area contributed by atoms with Crippen LogP contribution in [0.3, 0.4) is 0 Å². The van der Waals surface area contributed by atoms with Gasteiger partial charge in [0.25, 0.3) is 0 Å². The highest BCUT2D eigenvalue weighted by Gasteiger charge is 2.12. The van der Waals surface area contributed by atoms with Gasteiger partial charge in [-0.15, -0.1) is 0 Å². The molecule has 0 spiro atoms. The van der Waals surface area contributed by atoms with Crippen molar-refractivity contribution >= 4 is 23.3 Å². The summed E-state index contributed by atoms with van der Waals surface area (Å²) in [6.07, 6.45) is 0.0913. The van der Waals surface area contributed by atoms with Gasteiger partial charge in [0.05, 0.1) is 30.8 Å². The van der Waals surface area contributed by atoms with Crippen molar-refractivity contribution in [2.24, 2.45) is 0 Å². The number of hydrogen-bond donors (Lipinski definition) is 1. The molecular weight excluding hydrogens is 230 g/mol. The highest BCUT2D eigenvalue weighted by atomic mass is 35.5. The first-order valence-electron chi connectivity index (χ1n) is 4.86. The van der Waals surface area contributed by atoms with Crippen LogP contribution in [0.5, 0.6) is 5.75 Å². The van der Waals surface area contributed by atoms with Crippen LogP contribution in [0.25, 0.3) is 0 Å². The third-order valence-corrected chi connectivity index (χ3v) is 2.49. The van der Waals surface area contributed by atoms with Crippen molar-refractivity contribution < 1.29 is 14.3 Å². The number of ether oxygens (including phenoxy) is 2. The van der Waals surface area contributed by atoms with Crippen LogP contribution in [0.15, 0.2) is 12.1 Å². The quantitative estimate of drug-likeness (QED) is 0.649. The van der Waals surface area contributed by atoms with E-state index in [9.17, 15) is 4.79 Å². The average molecular weight is 244 g/mol. The fourth-order valence-electron chi connectivity index (χ4n) is 1.29. The van der Waals surface area contributed by atoms with Crippen molar-refractivity contribution in [2.45, 2.75) is 13.3 Å². The number of halogens is 1. The summed E-state index contributed by atoms with van der Waals surface area (Å²) in [5.41, 5.74) is 6.68. The Morgan fingerprint density at radius 1 is 1.50 bits per heavy atom. The zero-order valence-corrected chi connectivity index (χ0v) is 10.0. The molecule has 0 aromatic heterocycles. The lowest BCUT2D eigenvalue weighted by molar-refractivity contribution is -0.142. The summed E-state index contributed by atoms with van der Waals surface area (Å²) < 4.78 is 9.88. The monoisotopic (exact) mass is 243 g/mol. The number of methoxy groups -OCH3 is 1. The van der Waals surface area contributed by atoms with E-state index < -0.39 is 0 Å². The van der Waals surface area contributed by atoms with Crippen LogP contribution >= 0.6 is 11.6 Å². The summed E-state index contributed by atoms with van der Waals surface area (Å²) in [6.45, 7) is 2.09. The van der Waals surface area contributed by atoms with Crippen LogP contribution < -0.4 is 10.5 Å². The normalized spacial score (nSPS) is 9.94. The van der Waals surface area contributed by atoms with E-state index in [-0.39, 0.29) is 12.4 Å². The largest absolute Gasteiger partial charge is 0.497 e. The number of nitrogens with two attached hydrogens (primary N) is 1. The minimum absolute atomic E-state index is 0.0913. The number of anilines is 1. The smallest absolute Gasteiger partial charge is 0.310 e. The van der Waals surface area contributed by atoms with Gasteiger partial charge in [0.15, 0.2) is 0 Å². The molecule has 2 N–H and O–H groups in total. The Bertz CT molecular complexity index is 393. The van der Waals surface area contributed by atoms with E-state index in [0.717, 1.165) is 0 Å². The Labute approximate surface area is 99.3 Å². The maximum absolute atomic E-state index is 11.3. The molecule has 0 amide bonds. The highest BCUT2D eigenvalue weighted by Crippen LogP contribution is 2.29. The van der Waals surface area contributed by atoms with E-state index in [4.69, 9.17) is 26.8 Å². The minimum Gasteiger partial charge on any atom is -0.497 e. The number of carbonyl (C=O) groups excluding carboxylic acids is 1. The van der Waals surface area contributed by atoms with E-state index >= 15 is 0 Å². The minimum atomic E-state index is -0.336. The molecule has 1 rings (SSSR count). The summed E-state index contributed by atoms with van der Waals surface area (Å²) in [6, 6.07) is 3.28. The van der Waals surface area contributed by atoms with E-state index in [1.165, 1.54) is 7.11 Å². The average Bonchev–Trinajstić information content (AvgIpc) is 2.24. The standard InChI is InChI=1S/C11H14ClNO3/c1-3-16-10(14)5-7-4-8(15-2)6-9(13)11(7)12/h4,6H,3,5,13H2,1-2H3. The van der Waals surface area contributed by atoms with E-state index in [0.29, 0.717) is 28.6 Å². The van der Waals surface area contributed by atoms with Crippen molar-refractivity contribution in [1.82, 2.24) is 0 Å². The van der Waals surface area contributed by atoms with Crippen molar-refractivity contribution in [3.05, 3.63) is 22.7 Å². The molecule has 0 unspecified atom stereocenters. The predicted octanol–water partition coefficient (Wildman–Crippen LogP) is 2.04. The molecule has 1 aromatic carbocycles. The third-order valence-electron chi connectivity index (χ3n) is 2.03. The molecule has 16 heavy (non-hydrogen) atoms. The SMILES string of the molecule is CCOC(=O)Cc1cc(OC)cc(N)c1Cl. The van der Waals surface area contributed by atoms with E-state index in [2.05, 4.69) is 0 Å². The van der Waals surface area contributed by atoms with Gasteiger partial charge in [-0.2, -0.15) is 0 Å². The number of benzene rings is 1. The lowest BCUT2D eigenvalue weighted by Crippen LogP contribution is -2.08. The molecule has 0 saturated heterocycles. The number of esters is 1. The Balaban J connectivity index is 2.94. The molecule has 0 atom stereocenters. The fourth-order valence-corrected chi connectivity index (χ4v) is 1.47. The van der Waals surface area contributed by atoms with Gasteiger partial charge in [0.2, 0.25) is 0 Å². The van der Waals surface area contributed by atoms with Crippen LogP contribution in [-0.2, 0) is 16.0 Å². The second kappa shape index (κ2) is 5.61. The van der Waals surface area contributed by atoms with E-state index in [1.807, 2.05) is 0 Å². The predicted molar refractivity (Wildman–Crippen MR) is 62.8 cm³/mol. The maximum atomic E-state index is 11.3. The Kier molecular flexibility index (Phi) is 4.43. The molecule has 0 bridgehead atoms. The van der Waals surface area contributed by atoms with Crippen LogP contribution in [0.2, 0.25) is 5.02 Å². The number of rotatable bonds is 4. The van der Waals surface area contributed by atoms with Crippen molar-refractivity contribution in [3.63, 3.8) is 0 Å². The number of carbonyl (C=O) groups is 1. The van der Waals surface area contributed by atoms with Crippen LogP contribution in [0.4, 0.5) is 5.69 Å². The molecule has 1 aromatic rings. The highest BCUT2D eigenvalue weighted by molar-refractivity contribution is 6.34. The molecule has 88 valence electrons. The van der Waals surface area contributed by atoms with Gasteiger partial charge in [-0.1, -0.05) is 11.6 Å². The van der Waals surface area contributed by atoms with Crippen LogP contribution in [-0.4, -0.2) is 19.7 Å². The third kappa shape index (κ3) is 3.03. The Morgan fingerprint density at radius 2 is 2.19 bits per heavy atom. The second-order valence-corrected chi connectivity index (χ2v) is 3.55. The van der Waals surface area contributed by atoms with Crippen LogP contribution in [0, 0.1) is 0 Å². The van der Waals surface area contributed by atoms with Crippen molar-refractivity contribution in [2.75, 3.05) is 19.5 Å². The Hall–Kier alpha value is -1.42. The first-order chi connectivity index (χ1) is 7.58. The van der Waals surface area contributed by atoms with Gasteiger partial charge < -0.3 is 15.2 Å².